The first kappa shape index (κ1) is 18.6. The molecule has 2 fully saturated rings. The molecule has 2 saturated carbocycles. The van der Waals surface area contributed by atoms with E-state index in [0.29, 0.717) is 11.1 Å². The normalized spacial score (nSPS) is 41.2. The summed E-state index contributed by atoms with van der Waals surface area (Å²) >= 11 is 0. The molecule has 0 amide bonds. The SMILES string of the molecule is Cc1ccc(C2[C@]3(O)C(O)C(c4ccccc4)[C@]3(O)[C@]2(O)[C@H](O)CO)cc1. The van der Waals surface area contributed by atoms with Crippen molar-refractivity contribution in [2.75, 3.05) is 6.61 Å². The molecule has 2 aromatic rings. The van der Waals surface area contributed by atoms with Crippen LogP contribution in [-0.4, -0.2) is 66.3 Å². The highest BCUT2D eigenvalue weighted by atomic mass is 16.5. The smallest absolute Gasteiger partial charge is 0.138 e. The molecule has 2 aliphatic carbocycles. The number of benzene rings is 2. The fraction of sp³-hybridized carbons (Fsp3) is 0.429. The van der Waals surface area contributed by atoms with Crippen molar-refractivity contribution in [3.05, 3.63) is 71.3 Å². The van der Waals surface area contributed by atoms with E-state index in [0.717, 1.165) is 5.56 Å². The Hall–Kier alpha value is -1.80. The average Bonchev–Trinajstić information content (AvgIpc) is 2.69. The number of rotatable bonds is 4. The molecular weight excluding hydrogens is 348 g/mol. The second-order valence-electron chi connectivity index (χ2n) is 7.79. The molecule has 2 aromatic carbocycles. The zero-order valence-electron chi connectivity index (χ0n) is 14.9. The van der Waals surface area contributed by atoms with Gasteiger partial charge in [0.2, 0.25) is 0 Å². The van der Waals surface area contributed by atoms with Crippen molar-refractivity contribution in [2.24, 2.45) is 0 Å². The molecule has 144 valence electrons. The first-order valence-electron chi connectivity index (χ1n) is 9.00. The lowest BCUT2D eigenvalue weighted by Gasteiger charge is -2.80. The summed E-state index contributed by atoms with van der Waals surface area (Å²) in [5.41, 5.74) is -4.53. The first-order chi connectivity index (χ1) is 12.7. The predicted molar refractivity (Wildman–Crippen MR) is 97.1 cm³/mol. The molecule has 0 spiro atoms. The second kappa shape index (κ2) is 5.85. The summed E-state index contributed by atoms with van der Waals surface area (Å²) in [7, 11) is 0. The fourth-order valence-electron chi connectivity index (χ4n) is 5.24. The van der Waals surface area contributed by atoms with Gasteiger partial charge in [0.15, 0.2) is 0 Å². The summed E-state index contributed by atoms with van der Waals surface area (Å²) in [4.78, 5) is 0. The van der Waals surface area contributed by atoms with E-state index >= 15 is 0 Å². The van der Waals surface area contributed by atoms with Gasteiger partial charge in [-0.05, 0) is 18.1 Å². The molecule has 0 aromatic heterocycles. The lowest BCUT2D eigenvalue weighted by atomic mass is 9.30. The first-order valence-corrected chi connectivity index (χ1v) is 9.00. The van der Waals surface area contributed by atoms with Gasteiger partial charge in [-0.1, -0.05) is 60.2 Å². The molecule has 6 heteroatoms. The van der Waals surface area contributed by atoms with Crippen molar-refractivity contribution < 1.29 is 30.6 Å². The predicted octanol–water partition coefficient (Wildman–Crippen LogP) is -0.203. The lowest BCUT2D eigenvalue weighted by molar-refractivity contribution is -0.459. The van der Waals surface area contributed by atoms with E-state index in [-0.39, 0.29) is 0 Å². The van der Waals surface area contributed by atoms with Crippen LogP contribution in [0.4, 0.5) is 0 Å². The van der Waals surface area contributed by atoms with Crippen molar-refractivity contribution in [3.8, 4) is 0 Å². The van der Waals surface area contributed by atoms with Crippen molar-refractivity contribution >= 4 is 0 Å². The van der Waals surface area contributed by atoms with Gasteiger partial charge < -0.3 is 30.6 Å². The molecular formula is C21H24O6. The molecule has 6 N–H and O–H groups in total. The number of aliphatic hydroxyl groups is 6. The maximum absolute atomic E-state index is 11.4. The van der Waals surface area contributed by atoms with Gasteiger partial charge in [-0.15, -0.1) is 0 Å². The van der Waals surface area contributed by atoms with Gasteiger partial charge in [-0.3, -0.25) is 0 Å². The van der Waals surface area contributed by atoms with Crippen LogP contribution in [0.15, 0.2) is 54.6 Å². The highest BCUT2D eigenvalue weighted by Gasteiger charge is 2.93. The standard InChI is InChI=1S/C21H24O6/c1-12-7-9-14(10-8-12)17-19(25,15(23)11-22)21(27)16(18(24)20(17,21)26)13-5-3-2-4-6-13/h2-10,15-18,22-27H,11H2,1H3/t15-,16?,17?,18?,19+,20+,21+/m1/s1. The molecule has 0 radical (unpaired) electrons. The van der Waals surface area contributed by atoms with Crippen LogP contribution in [-0.2, 0) is 0 Å². The third-order valence-electron chi connectivity index (χ3n) is 6.57. The van der Waals surface area contributed by atoms with Crippen molar-refractivity contribution in [1.82, 2.24) is 0 Å². The van der Waals surface area contributed by atoms with Crippen LogP contribution in [0.3, 0.4) is 0 Å². The van der Waals surface area contributed by atoms with Crippen LogP contribution in [0.2, 0.25) is 0 Å². The summed E-state index contributed by atoms with van der Waals surface area (Å²) < 4.78 is 0. The zero-order chi connectivity index (χ0) is 19.6. The Labute approximate surface area is 157 Å². The topological polar surface area (TPSA) is 121 Å². The van der Waals surface area contributed by atoms with Gasteiger partial charge in [-0.25, -0.2) is 0 Å². The maximum atomic E-state index is 11.4. The van der Waals surface area contributed by atoms with Gasteiger partial charge in [0, 0.05) is 5.92 Å². The average molecular weight is 372 g/mol. The van der Waals surface area contributed by atoms with Crippen LogP contribution in [0.25, 0.3) is 0 Å². The molecule has 7 atom stereocenters. The number of aliphatic hydroxyl groups excluding tert-OH is 3. The molecule has 0 saturated heterocycles. The van der Waals surface area contributed by atoms with Crippen molar-refractivity contribution in [2.45, 2.75) is 47.8 Å². The van der Waals surface area contributed by atoms with Gasteiger partial charge in [0.1, 0.15) is 22.9 Å². The second-order valence-corrected chi connectivity index (χ2v) is 7.79. The van der Waals surface area contributed by atoms with Gasteiger partial charge >= 0.3 is 0 Å². The Balaban J connectivity index is 1.85. The quantitative estimate of drug-likeness (QED) is 0.442. The van der Waals surface area contributed by atoms with Gasteiger partial charge in [0.05, 0.1) is 18.6 Å². The van der Waals surface area contributed by atoms with Gasteiger partial charge in [-0.2, -0.15) is 0 Å². The molecule has 2 aliphatic rings. The highest BCUT2D eigenvalue weighted by Crippen LogP contribution is 2.75. The number of fused-ring (bicyclic) bond motifs is 1. The third-order valence-corrected chi connectivity index (χ3v) is 6.57. The van der Waals surface area contributed by atoms with Crippen LogP contribution in [0, 0.1) is 6.92 Å². The maximum Gasteiger partial charge on any atom is 0.138 e. The minimum Gasteiger partial charge on any atom is -0.394 e. The van der Waals surface area contributed by atoms with E-state index in [1.807, 2.05) is 6.92 Å². The molecule has 0 bridgehead atoms. The fourth-order valence-corrected chi connectivity index (χ4v) is 5.24. The van der Waals surface area contributed by atoms with E-state index < -0.39 is 47.5 Å². The van der Waals surface area contributed by atoms with Crippen LogP contribution < -0.4 is 0 Å². The molecule has 6 nitrogen and oxygen atoms in total. The Morgan fingerprint density at radius 1 is 0.926 bits per heavy atom. The van der Waals surface area contributed by atoms with Crippen LogP contribution in [0.1, 0.15) is 28.5 Å². The summed E-state index contributed by atoms with van der Waals surface area (Å²) in [6.07, 6.45) is -3.05. The van der Waals surface area contributed by atoms with Crippen LogP contribution >= 0.6 is 0 Å². The van der Waals surface area contributed by atoms with Gasteiger partial charge in [0.25, 0.3) is 0 Å². The zero-order valence-corrected chi connectivity index (χ0v) is 14.9. The van der Waals surface area contributed by atoms with Crippen molar-refractivity contribution in [1.29, 1.82) is 0 Å². The third kappa shape index (κ3) is 1.95. The summed E-state index contributed by atoms with van der Waals surface area (Å²) in [6.45, 7) is 1.09. The summed E-state index contributed by atoms with van der Waals surface area (Å²) in [6, 6.07) is 15.5. The Morgan fingerprint density at radius 2 is 1.52 bits per heavy atom. The Morgan fingerprint density at radius 3 is 2.07 bits per heavy atom. The largest absolute Gasteiger partial charge is 0.394 e. The van der Waals surface area contributed by atoms with E-state index in [4.69, 9.17) is 0 Å². The Kier molecular flexibility index (Phi) is 4.02. The van der Waals surface area contributed by atoms with E-state index in [9.17, 15) is 30.6 Å². The molecule has 0 aliphatic heterocycles. The monoisotopic (exact) mass is 372 g/mol. The molecule has 3 unspecified atom stereocenters. The Bertz CT molecular complexity index is 840. The summed E-state index contributed by atoms with van der Waals surface area (Å²) in [5, 5.41) is 64.8. The highest BCUT2D eigenvalue weighted by molar-refractivity contribution is 5.55. The minimum atomic E-state index is -2.23. The minimum absolute atomic E-state index is 0.466. The number of hydrogen-bond donors (Lipinski definition) is 6. The van der Waals surface area contributed by atoms with E-state index in [1.54, 1.807) is 54.6 Å². The molecule has 27 heavy (non-hydrogen) atoms. The van der Waals surface area contributed by atoms with E-state index in [1.165, 1.54) is 0 Å². The molecule has 4 rings (SSSR count). The van der Waals surface area contributed by atoms with Crippen LogP contribution in [0.5, 0.6) is 0 Å². The van der Waals surface area contributed by atoms with E-state index in [2.05, 4.69) is 0 Å². The summed E-state index contributed by atoms with van der Waals surface area (Å²) in [5.74, 6) is -2.16. The lowest BCUT2D eigenvalue weighted by Crippen LogP contribution is -2.99. The van der Waals surface area contributed by atoms with Crippen molar-refractivity contribution in [3.63, 3.8) is 0 Å². The number of aryl methyl sites for hydroxylation is 1. The number of hydrogen-bond acceptors (Lipinski definition) is 6. The molecule has 0 heterocycles.